The zero-order chi connectivity index (χ0) is 21.8. The molecule has 0 saturated heterocycles. The van der Waals surface area contributed by atoms with Crippen molar-refractivity contribution >= 4 is 40.5 Å². The van der Waals surface area contributed by atoms with Gasteiger partial charge in [0.2, 0.25) is 11.8 Å². The molecular formula is C19H19ClF3N3O3. The van der Waals surface area contributed by atoms with Gasteiger partial charge in [-0.15, -0.1) is 0 Å². The van der Waals surface area contributed by atoms with Crippen LogP contribution in [0, 0.1) is 0 Å². The van der Waals surface area contributed by atoms with E-state index >= 15 is 0 Å². The minimum Gasteiger partial charge on any atom is -0.495 e. The molecule has 3 N–H and O–H groups in total. The van der Waals surface area contributed by atoms with Gasteiger partial charge in [-0.1, -0.05) is 11.6 Å². The maximum Gasteiger partial charge on any atom is 0.418 e. The minimum atomic E-state index is -4.68. The number of benzene rings is 2. The van der Waals surface area contributed by atoms with Crippen molar-refractivity contribution in [3.8, 4) is 5.75 Å². The number of hydrogen-bond donors (Lipinski definition) is 3. The molecule has 0 spiro atoms. The molecule has 0 heterocycles. The summed E-state index contributed by atoms with van der Waals surface area (Å²) in [7, 11) is 1.42. The number of ether oxygens (including phenoxy) is 1. The van der Waals surface area contributed by atoms with Crippen LogP contribution in [-0.2, 0) is 15.8 Å². The Labute approximate surface area is 170 Å². The fourth-order valence-electron chi connectivity index (χ4n) is 2.50. The molecule has 10 heteroatoms. The SMILES string of the molecule is COc1ccc(NC(C)=O)cc1NC(C)C(=O)Nc1ccc(Cl)cc1C(F)(F)F. The number of carbonyl (C=O) groups excluding carboxylic acids is 2. The third kappa shape index (κ3) is 6.02. The standard InChI is InChI=1S/C19H19ClF3N3O3/c1-10(24-16-9-13(25-11(2)27)5-7-17(16)29-3)18(28)26-15-6-4-12(20)8-14(15)19(21,22)23/h4-10,24H,1-3H3,(H,25,27)(H,26,28). The zero-order valence-electron chi connectivity index (χ0n) is 15.8. The lowest BCUT2D eigenvalue weighted by atomic mass is 10.1. The third-order valence-electron chi connectivity index (χ3n) is 3.83. The molecule has 29 heavy (non-hydrogen) atoms. The number of rotatable bonds is 6. The number of carbonyl (C=O) groups is 2. The molecule has 0 aliphatic carbocycles. The molecule has 156 valence electrons. The van der Waals surface area contributed by atoms with Crippen LogP contribution in [-0.4, -0.2) is 25.0 Å². The Bertz CT molecular complexity index is 919. The molecule has 6 nitrogen and oxygen atoms in total. The molecule has 0 fully saturated rings. The molecule has 0 radical (unpaired) electrons. The lowest BCUT2D eigenvalue weighted by Gasteiger charge is -2.20. The first-order chi connectivity index (χ1) is 13.5. The van der Waals surface area contributed by atoms with Crippen LogP contribution in [0.2, 0.25) is 5.02 Å². The Morgan fingerprint density at radius 3 is 2.34 bits per heavy atom. The normalized spacial score (nSPS) is 12.1. The second-order valence-electron chi connectivity index (χ2n) is 6.14. The van der Waals surface area contributed by atoms with E-state index in [2.05, 4.69) is 16.0 Å². The Balaban J connectivity index is 2.21. The summed E-state index contributed by atoms with van der Waals surface area (Å²) >= 11 is 5.64. The first kappa shape index (κ1) is 22.4. The van der Waals surface area contributed by atoms with E-state index in [-0.39, 0.29) is 10.9 Å². The molecule has 2 amide bonds. The molecule has 0 saturated carbocycles. The maximum atomic E-state index is 13.2. The number of methoxy groups -OCH3 is 1. The van der Waals surface area contributed by atoms with Crippen molar-refractivity contribution in [3.63, 3.8) is 0 Å². The lowest BCUT2D eigenvalue weighted by molar-refractivity contribution is -0.137. The van der Waals surface area contributed by atoms with E-state index in [1.54, 1.807) is 18.2 Å². The van der Waals surface area contributed by atoms with Crippen LogP contribution in [0.5, 0.6) is 5.75 Å². The second kappa shape index (κ2) is 9.04. The molecule has 2 aromatic rings. The van der Waals surface area contributed by atoms with Gasteiger partial charge in [-0.05, 0) is 43.3 Å². The van der Waals surface area contributed by atoms with Crippen molar-refractivity contribution in [1.82, 2.24) is 0 Å². The Morgan fingerprint density at radius 2 is 1.76 bits per heavy atom. The van der Waals surface area contributed by atoms with Gasteiger partial charge >= 0.3 is 6.18 Å². The van der Waals surface area contributed by atoms with Crippen molar-refractivity contribution in [2.24, 2.45) is 0 Å². The smallest absolute Gasteiger partial charge is 0.418 e. The molecule has 2 rings (SSSR count). The van der Waals surface area contributed by atoms with Gasteiger partial charge in [-0.2, -0.15) is 13.2 Å². The third-order valence-corrected chi connectivity index (χ3v) is 4.07. The van der Waals surface area contributed by atoms with Crippen molar-refractivity contribution in [2.45, 2.75) is 26.1 Å². The van der Waals surface area contributed by atoms with Crippen molar-refractivity contribution in [1.29, 1.82) is 0 Å². The van der Waals surface area contributed by atoms with Gasteiger partial charge < -0.3 is 20.7 Å². The topological polar surface area (TPSA) is 79.5 Å². The average Bonchev–Trinajstić information content (AvgIpc) is 2.62. The number of halogens is 4. The summed E-state index contributed by atoms with van der Waals surface area (Å²) in [5, 5.41) is 7.63. The molecule has 2 aromatic carbocycles. The molecule has 0 aliphatic rings. The number of amides is 2. The highest BCUT2D eigenvalue weighted by molar-refractivity contribution is 6.30. The van der Waals surface area contributed by atoms with Crippen molar-refractivity contribution < 1.29 is 27.5 Å². The summed E-state index contributed by atoms with van der Waals surface area (Å²) in [6, 6.07) is 6.91. The van der Waals surface area contributed by atoms with E-state index in [4.69, 9.17) is 16.3 Å². The van der Waals surface area contributed by atoms with Crippen LogP contribution >= 0.6 is 11.6 Å². The maximum absolute atomic E-state index is 13.2. The van der Waals surface area contributed by atoms with Gasteiger partial charge in [-0.3, -0.25) is 9.59 Å². The van der Waals surface area contributed by atoms with Crippen LogP contribution in [0.15, 0.2) is 36.4 Å². The summed E-state index contributed by atoms with van der Waals surface area (Å²) in [6.45, 7) is 2.82. The largest absolute Gasteiger partial charge is 0.495 e. The van der Waals surface area contributed by atoms with E-state index in [0.29, 0.717) is 17.1 Å². The zero-order valence-corrected chi connectivity index (χ0v) is 16.5. The Hall–Kier alpha value is -2.94. The highest BCUT2D eigenvalue weighted by Gasteiger charge is 2.34. The summed E-state index contributed by atoms with van der Waals surface area (Å²) in [4.78, 5) is 23.7. The highest BCUT2D eigenvalue weighted by atomic mass is 35.5. The van der Waals surface area contributed by atoms with Crippen LogP contribution in [0.4, 0.5) is 30.2 Å². The molecule has 0 bridgehead atoms. The van der Waals surface area contributed by atoms with Gasteiger partial charge in [-0.25, -0.2) is 0 Å². The molecule has 0 aromatic heterocycles. The number of hydrogen-bond acceptors (Lipinski definition) is 4. The summed E-state index contributed by atoms with van der Waals surface area (Å²) in [6.07, 6.45) is -4.68. The van der Waals surface area contributed by atoms with Gasteiger partial charge in [0.15, 0.2) is 0 Å². The lowest BCUT2D eigenvalue weighted by Crippen LogP contribution is -2.32. The predicted octanol–water partition coefficient (Wildman–Crippen LogP) is 4.76. The van der Waals surface area contributed by atoms with E-state index in [1.165, 1.54) is 27.0 Å². The predicted molar refractivity (Wildman–Crippen MR) is 105 cm³/mol. The average molecular weight is 430 g/mol. The summed E-state index contributed by atoms with van der Waals surface area (Å²) in [5.41, 5.74) is -0.602. The number of alkyl halides is 3. The molecular weight excluding hydrogens is 411 g/mol. The quantitative estimate of drug-likeness (QED) is 0.618. The minimum absolute atomic E-state index is 0.0963. The summed E-state index contributed by atoms with van der Waals surface area (Å²) < 4.78 is 44.8. The van der Waals surface area contributed by atoms with Crippen molar-refractivity contribution in [2.75, 3.05) is 23.1 Å². The number of nitrogens with one attached hydrogen (secondary N) is 3. The van der Waals surface area contributed by atoms with E-state index in [9.17, 15) is 22.8 Å². The fourth-order valence-corrected chi connectivity index (χ4v) is 2.67. The van der Waals surface area contributed by atoms with Crippen molar-refractivity contribution in [3.05, 3.63) is 47.0 Å². The highest BCUT2D eigenvalue weighted by Crippen LogP contribution is 2.36. The number of anilines is 3. The van der Waals surface area contributed by atoms with Gasteiger partial charge in [0.05, 0.1) is 24.0 Å². The first-order valence-corrected chi connectivity index (χ1v) is 8.79. The van der Waals surface area contributed by atoms with Crippen LogP contribution < -0.4 is 20.7 Å². The van der Waals surface area contributed by atoms with Crippen LogP contribution in [0.3, 0.4) is 0 Å². The molecule has 1 atom stereocenters. The monoisotopic (exact) mass is 429 g/mol. The Kier molecular flexibility index (Phi) is 6.97. The van der Waals surface area contributed by atoms with Crippen LogP contribution in [0.25, 0.3) is 0 Å². The van der Waals surface area contributed by atoms with E-state index in [1.807, 2.05) is 0 Å². The first-order valence-electron chi connectivity index (χ1n) is 8.41. The molecule has 0 aliphatic heterocycles. The Morgan fingerprint density at radius 1 is 1.07 bits per heavy atom. The van der Waals surface area contributed by atoms with Gasteiger partial charge in [0.25, 0.3) is 0 Å². The van der Waals surface area contributed by atoms with Gasteiger partial charge in [0.1, 0.15) is 11.8 Å². The second-order valence-corrected chi connectivity index (χ2v) is 6.58. The fraction of sp³-hybridized carbons (Fsp3) is 0.263. The summed E-state index contributed by atoms with van der Waals surface area (Å²) in [5.74, 6) is -0.597. The van der Waals surface area contributed by atoms with E-state index in [0.717, 1.165) is 12.1 Å². The molecule has 1 unspecified atom stereocenters. The van der Waals surface area contributed by atoms with Gasteiger partial charge in [0, 0.05) is 17.6 Å². The van der Waals surface area contributed by atoms with Crippen LogP contribution in [0.1, 0.15) is 19.4 Å². The van der Waals surface area contributed by atoms with E-state index < -0.39 is 29.4 Å².